The molecule has 7 nitrogen and oxygen atoms in total. The van der Waals surface area contributed by atoms with Crippen LogP contribution in [0.25, 0.3) is 11.1 Å². The van der Waals surface area contributed by atoms with Crippen LogP contribution in [0.1, 0.15) is 30.1 Å². The molecule has 2 heterocycles. The molecule has 9 heteroatoms. The van der Waals surface area contributed by atoms with Crippen molar-refractivity contribution in [1.29, 1.82) is 0 Å². The molecule has 3 rings (SSSR count). The molecule has 150 valence electrons. The van der Waals surface area contributed by atoms with E-state index in [1.54, 1.807) is 18.5 Å². The number of nitrogens with one attached hydrogen (secondary N) is 2. The van der Waals surface area contributed by atoms with Crippen LogP contribution in [0.4, 0.5) is 10.1 Å². The highest BCUT2D eigenvalue weighted by Gasteiger charge is 2.22. The predicted octanol–water partition coefficient (Wildman–Crippen LogP) is 4.41. The number of esters is 1. The van der Waals surface area contributed by atoms with Gasteiger partial charge in [-0.1, -0.05) is 30.3 Å². The van der Waals surface area contributed by atoms with Crippen LogP contribution in [0.15, 0.2) is 47.3 Å². The summed E-state index contributed by atoms with van der Waals surface area (Å²) in [6.07, 6.45) is 1.58. The van der Waals surface area contributed by atoms with Crippen molar-refractivity contribution in [3.05, 3.63) is 52.9 Å². The number of carbonyl (C=O) groups is 3. The number of anilines is 2. The molecule has 0 saturated carbocycles. The van der Waals surface area contributed by atoms with E-state index < -0.39 is 5.97 Å². The quantitative estimate of drug-likeness (QED) is 0.517. The summed E-state index contributed by atoms with van der Waals surface area (Å²) >= 11 is 2.56. The lowest BCUT2D eigenvalue weighted by Gasteiger charge is -2.09. The van der Waals surface area contributed by atoms with Crippen molar-refractivity contribution in [2.45, 2.75) is 19.8 Å². The molecule has 0 unspecified atom stereocenters. The van der Waals surface area contributed by atoms with Gasteiger partial charge in [-0.25, -0.2) is 9.78 Å². The molecule has 3 aromatic rings. The van der Waals surface area contributed by atoms with Crippen molar-refractivity contribution < 1.29 is 19.1 Å². The highest BCUT2D eigenvalue weighted by molar-refractivity contribution is 7.15. The molecule has 29 heavy (non-hydrogen) atoms. The van der Waals surface area contributed by atoms with Crippen LogP contribution >= 0.6 is 22.7 Å². The molecule has 0 saturated heterocycles. The first-order chi connectivity index (χ1) is 14.1. The minimum absolute atomic E-state index is 0.0110. The van der Waals surface area contributed by atoms with Crippen LogP contribution in [0.3, 0.4) is 0 Å². The first-order valence-corrected chi connectivity index (χ1v) is 10.7. The molecule has 0 atom stereocenters. The largest absolute Gasteiger partial charge is 0.462 e. The number of thiazole rings is 1. The fraction of sp³-hybridized carbons (Fsp3) is 0.200. The zero-order valence-corrected chi connectivity index (χ0v) is 17.3. The van der Waals surface area contributed by atoms with Crippen LogP contribution in [-0.2, 0) is 14.3 Å². The van der Waals surface area contributed by atoms with Gasteiger partial charge in [-0.15, -0.1) is 22.7 Å². The first-order valence-electron chi connectivity index (χ1n) is 8.91. The number of ether oxygens (including phenoxy) is 1. The van der Waals surface area contributed by atoms with Crippen molar-refractivity contribution in [3.8, 4) is 11.1 Å². The number of amides is 2. The topological polar surface area (TPSA) is 97.4 Å². The SMILES string of the molecule is CCOC(=O)c1c(-c2ccccc2)csc1NC(=O)CCC(=O)Nc1nccs1. The summed E-state index contributed by atoms with van der Waals surface area (Å²) in [5.74, 6) is -1.15. The second kappa shape index (κ2) is 9.94. The predicted molar refractivity (Wildman–Crippen MR) is 114 cm³/mol. The van der Waals surface area contributed by atoms with E-state index in [4.69, 9.17) is 4.74 Å². The van der Waals surface area contributed by atoms with E-state index in [1.165, 1.54) is 22.7 Å². The van der Waals surface area contributed by atoms with E-state index in [0.29, 0.717) is 21.3 Å². The lowest BCUT2D eigenvalue weighted by Crippen LogP contribution is -2.18. The Bertz CT molecular complexity index is 985. The first kappa shape index (κ1) is 20.7. The minimum atomic E-state index is -0.496. The fourth-order valence-electron chi connectivity index (χ4n) is 2.57. The van der Waals surface area contributed by atoms with Crippen LogP contribution in [0.5, 0.6) is 0 Å². The monoisotopic (exact) mass is 429 g/mol. The Morgan fingerprint density at radius 2 is 1.76 bits per heavy atom. The molecule has 0 bridgehead atoms. The van der Waals surface area contributed by atoms with Gasteiger partial charge < -0.3 is 15.4 Å². The Hall–Kier alpha value is -3.04. The van der Waals surface area contributed by atoms with E-state index in [0.717, 1.165) is 5.56 Å². The van der Waals surface area contributed by atoms with Crippen LogP contribution in [0, 0.1) is 0 Å². The van der Waals surface area contributed by atoms with E-state index >= 15 is 0 Å². The number of carbonyl (C=O) groups excluding carboxylic acids is 3. The van der Waals surface area contributed by atoms with Gasteiger partial charge in [0.15, 0.2) is 5.13 Å². The standard InChI is InChI=1S/C20H19N3O4S2/c1-2-27-19(26)17-14(13-6-4-3-5-7-13)12-29-18(17)22-15(24)8-9-16(25)23-20-21-10-11-28-20/h3-7,10-12H,2,8-9H2,1H3,(H,22,24)(H,21,23,25). The summed E-state index contributed by atoms with van der Waals surface area (Å²) in [7, 11) is 0. The third-order valence-electron chi connectivity index (χ3n) is 3.87. The highest BCUT2D eigenvalue weighted by Crippen LogP contribution is 2.36. The molecule has 2 aromatic heterocycles. The van der Waals surface area contributed by atoms with E-state index in [9.17, 15) is 14.4 Å². The highest BCUT2D eigenvalue weighted by atomic mass is 32.1. The molecule has 0 radical (unpaired) electrons. The molecule has 2 amide bonds. The normalized spacial score (nSPS) is 10.4. The minimum Gasteiger partial charge on any atom is -0.462 e. The molecule has 0 aliphatic rings. The number of hydrogen-bond acceptors (Lipinski definition) is 7. The van der Waals surface area contributed by atoms with Crippen molar-refractivity contribution in [2.75, 3.05) is 17.2 Å². The van der Waals surface area contributed by atoms with E-state index in [2.05, 4.69) is 15.6 Å². The van der Waals surface area contributed by atoms with E-state index in [-0.39, 0.29) is 31.3 Å². The van der Waals surface area contributed by atoms with Gasteiger partial charge in [0.25, 0.3) is 0 Å². The zero-order chi connectivity index (χ0) is 20.6. The maximum Gasteiger partial charge on any atom is 0.341 e. The fourth-order valence-corrected chi connectivity index (χ4v) is 4.09. The van der Waals surface area contributed by atoms with Gasteiger partial charge >= 0.3 is 5.97 Å². The van der Waals surface area contributed by atoms with Gasteiger partial charge in [0.05, 0.1) is 6.61 Å². The number of nitrogens with zero attached hydrogens (tertiary/aromatic N) is 1. The molecular formula is C20H19N3O4S2. The Morgan fingerprint density at radius 3 is 2.41 bits per heavy atom. The second-order valence-electron chi connectivity index (χ2n) is 5.87. The summed E-state index contributed by atoms with van der Waals surface area (Å²) in [6, 6.07) is 9.42. The summed E-state index contributed by atoms with van der Waals surface area (Å²) in [6.45, 7) is 1.96. The number of benzene rings is 1. The molecule has 0 spiro atoms. The van der Waals surface area contributed by atoms with Gasteiger partial charge in [0, 0.05) is 35.4 Å². The van der Waals surface area contributed by atoms with Crippen molar-refractivity contribution >= 4 is 50.6 Å². The Kier molecular flexibility index (Phi) is 7.09. The van der Waals surface area contributed by atoms with Gasteiger partial charge in [0.2, 0.25) is 11.8 Å². The molecule has 0 fully saturated rings. The van der Waals surface area contributed by atoms with Crippen LogP contribution in [-0.4, -0.2) is 29.4 Å². The third-order valence-corrected chi connectivity index (χ3v) is 5.45. The van der Waals surface area contributed by atoms with Crippen molar-refractivity contribution in [3.63, 3.8) is 0 Å². The maximum atomic E-state index is 12.5. The Morgan fingerprint density at radius 1 is 1.03 bits per heavy atom. The lowest BCUT2D eigenvalue weighted by molar-refractivity contribution is -0.121. The Labute approximate surface area is 175 Å². The summed E-state index contributed by atoms with van der Waals surface area (Å²) in [4.78, 5) is 40.7. The average Bonchev–Trinajstić information content (AvgIpc) is 3.37. The summed E-state index contributed by atoms with van der Waals surface area (Å²) in [5, 5.41) is 9.83. The number of aromatic nitrogens is 1. The third kappa shape index (κ3) is 5.49. The maximum absolute atomic E-state index is 12.5. The van der Waals surface area contributed by atoms with Crippen LogP contribution < -0.4 is 10.6 Å². The number of hydrogen-bond donors (Lipinski definition) is 2. The summed E-state index contributed by atoms with van der Waals surface area (Å²) < 4.78 is 5.17. The molecule has 0 aliphatic carbocycles. The van der Waals surface area contributed by atoms with Gasteiger partial charge in [0.1, 0.15) is 10.6 Å². The van der Waals surface area contributed by atoms with Gasteiger partial charge in [-0.2, -0.15) is 0 Å². The molecular weight excluding hydrogens is 410 g/mol. The summed E-state index contributed by atoms with van der Waals surface area (Å²) in [5.41, 5.74) is 1.88. The number of thiophene rings is 1. The second-order valence-corrected chi connectivity index (χ2v) is 7.65. The van der Waals surface area contributed by atoms with Crippen LogP contribution in [0.2, 0.25) is 0 Å². The van der Waals surface area contributed by atoms with Gasteiger partial charge in [-0.3, -0.25) is 9.59 Å². The average molecular weight is 430 g/mol. The molecule has 2 N–H and O–H groups in total. The smallest absolute Gasteiger partial charge is 0.341 e. The van der Waals surface area contributed by atoms with Crippen molar-refractivity contribution in [2.24, 2.45) is 0 Å². The van der Waals surface area contributed by atoms with Crippen molar-refractivity contribution in [1.82, 2.24) is 4.98 Å². The zero-order valence-electron chi connectivity index (χ0n) is 15.6. The van der Waals surface area contributed by atoms with E-state index in [1.807, 2.05) is 35.7 Å². The number of rotatable bonds is 8. The molecule has 1 aromatic carbocycles. The van der Waals surface area contributed by atoms with Gasteiger partial charge in [-0.05, 0) is 12.5 Å². The lowest BCUT2D eigenvalue weighted by atomic mass is 10.0. The Balaban J connectivity index is 1.69. The molecule has 0 aliphatic heterocycles.